The molecule has 5 heteroatoms. The summed E-state index contributed by atoms with van der Waals surface area (Å²) in [7, 11) is 0. The van der Waals surface area contributed by atoms with Gasteiger partial charge in [-0.05, 0) is 87.2 Å². The molecule has 7 aromatic carbocycles. The van der Waals surface area contributed by atoms with Crippen LogP contribution < -0.4 is 15.4 Å². The van der Waals surface area contributed by atoms with Crippen molar-refractivity contribution in [3.8, 4) is 33.8 Å². The zero-order chi connectivity index (χ0) is 39.6. The minimum atomic E-state index is -0.650. The normalized spacial score (nSPS) is 19.9. The van der Waals surface area contributed by atoms with E-state index in [1.807, 2.05) is 6.20 Å². The summed E-state index contributed by atoms with van der Waals surface area (Å²) < 4.78 is 6.74. The van der Waals surface area contributed by atoms with Crippen LogP contribution in [-0.2, 0) is 5.41 Å². The van der Waals surface area contributed by atoms with E-state index < -0.39 is 5.41 Å². The first-order valence-electron chi connectivity index (χ1n) is 21.0. The fourth-order valence-corrected chi connectivity index (χ4v) is 10.1. The molecule has 0 saturated heterocycles. The van der Waals surface area contributed by atoms with Crippen LogP contribution in [0.2, 0.25) is 0 Å². The van der Waals surface area contributed by atoms with Crippen LogP contribution in [-0.4, -0.2) is 12.0 Å². The number of allylic oxidation sites excluding steroid dienone is 2. The van der Waals surface area contributed by atoms with Crippen molar-refractivity contribution in [1.29, 1.82) is 0 Å². The van der Waals surface area contributed by atoms with Gasteiger partial charge in [-0.15, -0.1) is 0 Å². The maximum Gasteiger partial charge on any atom is 0.132 e. The second-order valence-corrected chi connectivity index (χ2v) is 16.2. The molecular formula is C55H41N4O-. The molecule has 3 unspecified atom stereocenters. The van der Waals surface area contributed by atoms with Gasteiger partial charge in [0.1, 0.15) is 29.7 Å². The third kappa shape index (κ3) is 5.46. The van der Waals surface area contributed by atoms with Gasteiger partial charge in [-0.1, -0.05) is 181 Å². The summed E-state index contributed by atoms with van der Waals surface area (Å²) in [6, 6.07) is 59.2. The molecule has 3 heterocycles. The molecule has 1 spiro atoms. The van der Waals surface area contributed by atoms with Crippen molar-refractivity contribution in [2.45, 2.75) is 36.6 Å². The van der Waals surface area contributed by atoms with E-state index in [4.69, 9.17) is 15.0 Å². The number of nitrogens with one attached hydrogen (secondary N) is 2. The van der Waals surface area contributed by atoms with Crippen LogP contribution >= 0.6 is 0 Å². The number of rotatable bonds is 5. The Morgan fingerprint density at radius 2 is 1.27 bits per heavy atom. The fraction of sp³-hybridized carbons (Fsp3) is 0.109. The van der Waals surface area contributed by atoms with Crippen molar-refractivity contribution in [3.05, 3.63) is 249 Å². The molecule has 3 atom stereocenters. The highest BCUT2D eigenvalue weighted by Crippen LogP contribution is 2.62. The third-order valence-corrected chi connectivity index (χ3v) is 12.9. The van der Waals surface area contributed by atoms with Crippen LogP contribution in [0.5, 0.6) is 11.5 Å². The van der Waals surface area contributed by atoms with Gasteiger partial charge >= 0.3 is 0 Å². The molecule has 3 aliphatic heterocycles. The molecule has 288 valence electrons. The smallest absolute Gasteiger partial charge is 0.132 e. The van der Waals surface area contributed by atoms with E-state index in [9.17, 15) is 0 Å². The lowest BCUT2D eigenvalue weighted by molar-refractivity contribution is 0.436. The molecule has 0 bridgehead atoms. The topological polar surface area (TPSA) is 59.8 Å². The van der Waals surface area contributed by atoms with E-state index in [2.05, 4.69) is 199 Å². The van der Waals surface area contributed by atoms with Crippen molar-refractivity contribution >= 4 is 11.9 Å². The monoisotopic (exact) mass is 773 g/mol. The molecule has 2 N–H and O–H groups in total. The summed E-state index contributed by atoms with van der Waals surface area (Å²) in [6.45, 7) is 0. The van der Waals surface area contributed by atoms with Crippen LogP contribution in [0.15, 0.2) is 199 Å². The minimum Gasteiger partial charge on any atom is -0.681 e. The average molecular weight is 774 g/mol. The largest absolute Gasteiger partial charge is 0.681 e. The number of ether oxygens (including phenoxy) is 1. The highest BCUT2D eigenvalue weighted by molar-refractivity contribution is 6.02. The molecule has 2 aliphatic carbocycles. The Balaban J connectivity index is 1.04. The lowest BCUT2D eigenvalue weighted by Gasteiger charge is -2.39. The molecule has 0 radical (unpaired) electrons. The first kappa shape index (κ1) is 34.8. The first-order chi connectivity index (χ1) is 29.7. The van der Waals surface area contributed by atoms with E-state index >= 15 is 0 Å². The van der Waals surface area contributed by atoms with Crippen molar-refractivity contribution in [1.82, 2.24) is 10.6 Å². The van der Waals surface area contributed by atoms with Crippen LogP contribution in [0.4, 0.5) is 0 Å². The molecule has 0 aromatic heterocycles. The quantitative estimate of drug-likeness (QED) is 0.183. The van der Waals surface area contributed by atoms with Crippen LogP contribution in [0.1, 0.15) is 75.1 Å². The van der Waals surface area contributed by atoms with Crippen molar-refractivity contribution in [3.63, 3.8) is 0 Å². The Hall–Kier alpha value is -7.21. The van der Waals surface area contributed by atoms with Gasteiger partial charge in [0.05, 0.1) is 5.41 Å². The summed E-state index contributed by atoms with van der Waals surface area (Å²) in [6.07, 6.45) is 12.7. The van der Waals surface area contributed by atoms with Gasteiger partial charge in [-0.2, -0.15) is 6.20 Å². The minimum absolute atomic E-state index is 0.0538. The van der Waals surface area contributed by atoms with Gasteiger partial charge in [-0.25, -0.2) is 4.99 Å². The summed E-state index contributed by atoms with van der Waals surface area (Å²) in [4.78, 5) is 5.39. The zero-order valence-electron chi connectivity index (χ0n) is 32.9. The van der Waals surface area contributed by atoms with E-state index in [1.54, 1.807) is 0 Å². The summed E-state index contributed by atoms with van der Waals surface area (Å²) in [5, 5.41) is 12.6. The van der Waals surface area contributed by atoms with Gasteiger partial charge in [0, 0.05) is 16.7 Å². The molecule has 7 aromatic rings. The molecule has 5 nitrogen and oxygen atoms in total. The lowest BCUT2D eigenvalue weighted by atomic mass is 9.65. The highest BCUT2D eigenvalue weighted by atomic mass is 16.5. The summed E-state index contributed by atoms with van der Waals surface area (Å²) in [5.41, 5.74) is 15.9. The van der Waals surface area contributed by atoms with Crippen molar-refractivity contribution in [2.24, 2.45) is 4.99 Å². The van der Waals surface area contributed by atoms with Gasteiger partial charge in [-0.3, -0.25) is 5.32 Å². The number of amidine groups is 1. The molecule has 5 aliphatic rings. The van der Waals surface area contributed by atoms with Gasteiger partial charge in [0.2, 0.25) is 0 Å². The molecule has 0 saturated carbocycles. The van der Waals surface area contributed by atoms with E-state index in [1.165, 1.54) is 44.5 Å². The second-order valence-electron chi connectivity index (χ2n) is 16.2. The number of aliphatic imine (C=N–C) groups is 1. The average Bonchev–Trinajstić information content (AvgIpc) is 3.61. The number of benzene rings is 7. The molecule has 0 fully saturated rings. The maximum absolute atomic E-state index is 6.74. The van der Waals surface area contributed by atoms with Crippen molar-refractivity contribution in [2.75, 3.05) is 0 Å². The molecular weight excluding hydrogens is 733 g/mol. The Morgan fingerprint density at radius 1 is 0.583 bits per heavy atom. The lowest BCUT2D eigenvalue weighted by Crippen LogP contribution is -2.52. The van der Waals surface area contributed by atoms with E-state index in [0.717, 1.165) is 63.6 Å². The van der Waals surface area contributed by atoms with Crippen LogP contribution in [0.3, 0.4) is 0 Å². The van der Waals surface area contributed by atoms with E-state index in [-0.39, 0.29) is 18.4 Å². The summed E-state index contributed by atoms with van der Waals surface area (Å²) in [5.74, 6) is 2.61. The zero-order valence-corrected chi connectivity index (χ0v) is 32.9. The Bertz CT molecular complexity index is 2930. The van der Waals surface area contributed by atoms with Gasteiger partial charge in [0.25, 0.3) is 0 Å². The number of para-hydroxylation sites is 2. The van der Waals surface area contributed by atoms with Crippen molar-refractivity contribution < 1.29 is 4.74 Å². The number of nitrogens with zero attached hydrogens (tertiary/aromatic N) is 2. The predicted molar refractivity (Wildman–Crippen MR) is 242 cm³/mol. The summed E-state index contributed by atoms with van der Waals surface area (Å²) >= 11 is 0. The molecule has 60 heavy (non-hydrogen) atoms. The number of hydrogen-bond donors (Lipinski definition) is 2. The molecule has 0 amide bonds. The second kappa shape index (κ2) is 14.0. The van der Waals surface area contributed by atoms with Crippen LogP contribution in [0.25, 0.3) is 33.6 Å². The third-order valence-electron chi connectivity index (χ3n) is 12.9. The van der Waals surface area contributed by atoms with Crippen LogP contribution in [0, 0.1) is 0 Å². The standard InChI is InChI=1S/C55H41N4O/c1-3-15-36(16-4-1)52-57-53(37-17-5-2-6-18-37)59-54(58-52)41-27-29-44-43-28-26-39(38-19-13-20-40(32-38)51-42-21-8-7-14-35(42)30-31-56-51)33-47(43)55(48(44)34-41)45-22-9-11-24-49(45)60-50-25-12-10-23-46(50)55/h1,3-5,7-34,51-53,57H,2,6H2,(H,58,59)/q-1. The molecule has 12 rings (SSSR count). The Kier molecular flexibility index (Phi) is 8.10. The van der Waals surface area contributed by atoms with E-state index in [0.29, 0.717) is 0 Å². The Morgan fingerprint density at radius 3 is 2.05 bits per heavy atom. The van der Waals surface area contributed by atoms with Gasteiger partial charge < -0.3 is 15.4 Å². The number of hydrogen-bond acceptors (Lipinski definition) is 4. The predicted octanol–water partition coefficient (Wildman–Crippen LogP) is 12.5. The van der Waals surface area contributed by atoms with Gasteiger partial charge in [0.15, 0.2) is 0 Å². The first-order valence-corrected chi connectivity index (χ1v) is 21.0. The SMILES string of the molecule is C1=CC(C2NC(c3ccc4c(c3)C3(c5ccccc5Oc5ccccc53)c3cc(-c5cccc(C6[N-]C=Cc7ccccc76)c5)ccc3-4)=NC(c3ccccc3)N2)=CCC1. The number of fused-ring (bicyclic) bond motifs is 10. The maximum atomic E-state index is 6.74. The fourth-order valence-electron chi connectivity index (χ4n) is 10.1. The Labute approximate surface area is 350 Å². The highest BCUT2D eigenvalue weighted by Gasteiger charge is 2.51.